The highest BCUT2D eigenvalue weighted by atomic mass is 19.4. The van der Waals surface area contributed by atoms with Gasteiger partial charge in [-0.05, 0) is 12.1 Å². The van der Waals surface area contributed by atoms with Gasteiger partial charge in [0.15, 0.2) is 0 Å². The maximum absolute atomic E-state index is 12.2. The predicted octanol–water partition coefficient (Wildman–Crippen LogP) is 2.42. The van der Waals surface area contributed by atoms with Crippen LogP contribution in [0.15, 0.2) is 24.5 Å². The lowest BCUT2D eigenvalue weighted by atomic mass is 10.1. The zero-order valence-electron chi connectivity index (χ0n) is 6.95. The van der Waals surface area contributed by atoms with Crippen molar-refractivity contribution in [2.45, 2.75) is 12.3 Å². The van der Waals surface area contributed by atoms with Gasteiger partial charge in [-0.15, -0.1) is 0 Å². The third kappa shape index (κ3) is 1.57. The summed E-state index contributed by atoms with van der Waals surface area (Å²) in [5, 5.41) is 0. The number of hydrogen-bond acceptors (Lipinski definition) is 2. The van der Waals surface area contributed by atoms with Gasteiger partial charge in [0.25, 0.3) is 0 Å². The van der Waals surface area contributed by atoms with Crippen molar-refractivity contribution in [2.75, 3.05) is 0 Å². The van der Waals surface area contributed by atoms with Crippen LogP contribution < -0.4 is 4.74 Å². The number of fused-ring (bicyclic) bond motifs is 1. The van der Waals surface area contributed by atoms with E-state index >= 15 is 0 Å². The molecule has 0 fully saturated rings. The van der Waals surface area contributed by atoms with E-state index in [1.165, 1.54) is 18.5 Å². The van der Waals surface area contributed by atoms with Crippen molar-refractivity contribution >= 4 is 6.08 Å². The molecule has 14 heavy (non-hydrogen) atoms. The highest BCUT2D eigenvalue weighted by molar-refractivity contribution is 5.58. The predicted molar refractivity (Wildman–Crippen MR) is 43.7 cm³/mol. The lowest BCUT2D eigenvalue weighted by Gasteiger charge is -2.22. The van der Waals surface area contributed by atoms with Gasteiger partial charge >= 0.3 is 6.18 Å². The summed E-state index contributed by atoms with van der Waals surface area (Å²) in [7, 11) is 0. The number of alkyl halides is 3. The summed E-state index contributed by atoms with van der Waals surface area (Å²) in [5.74, 6) is 0.164. The molecule has 2 rings (SSSR count). The van der Waals surface area contributed by atoms with Crippen LogP contribution in [-0.4, -0.2) is 17.3 Å². The first-order valence-electron chi connectivity index (χ1n) is 3.93. The number of hydrogen-bond donors (Lipinski definition) is 0. The fraction of sp³-hybridized carbons (Fsp3) is 0.222. The SMILES string of the molecule is FC(F)(F)C1C=Cc2ccncc2O1. The molecule has 1 unspecified atom stereocenters. The number of halogens is 3. The van der Waals surface area contributed by atoms with E-state index < -0.39 is 12.3 Å². The Bertz CT molecular complexity index is 373. The van der Waals surface area contributed by atoms with Crippen molar-refractivity contribution in [3.63, 3.8) is 0 Å². The van der Waals surface area contributed by atoms with Crippen molar-refractivity contribution < 1.29 is 17.9 Å². The van der Waals surface area contributed by atoms with Crippen LogP contribution in [0, 0.1) is 0 Å². The van der Waals surface area contributed by atoms with E-state index in [4.69, 9.17) is 4.74 Å². The van der Waals surface area contributed by atoms with Gasteiger partial charge in [-0.2, -0.15) is 13.2 Å². The number of rotatable bonds is 0. The number of ether oxygens (including phenoxy) is 1. The van der Waals surface area contributed by atoms with E-state index in [0.29, 0.717) is 5.56 Å². The zero-order chi connectivity index (χ0) is 10.2. The van der Waals surface area contributed by atoms with Crippen LogP contribution in [0.25, 0.3) is 6.08 Å². The number of aromatic nitrogens is 1. The smallest absolute Gasteiger partial charge is 0.429 e. The summed E-state index contributed by atoms with van der Waals surface area (Å²) in [5.41, 5.74) is 0.612. The molecule has 0 spiro atoms. The molecule has 0 aliphatic carbocycles. The molecule has 0 saturated heterocycles. The average molecular weight is 201 g/mol. The molecule has 0 bridgehead atoms. The van der Waals surface area contributed by atoms with Crippen molar-refractivity contribution in [1.29, 1.82) is 0 Å². The van der Waals surface area contributed by atoms with Crippen molar-refractivity contribution in [2.24, 2.45) is 0 Å². The van der Waals surface area contributed by atoms with Crippen LogP contribution in [0.4, 0.5) is 13.2 Å². The molecule has 2 heterocycles. The van der Waals surface area contributed by atoms with E-state index in [-0.39, 0.29) is 5.75 Å². The standard InChI is InChI=1S/C9H6F3NO/c10-9(11,12)8-2-1-6-3-4-13-5-7(6)14-8/h1-5,8H. The minimum Gasteiger partial charge on any atom is -0.475 e. The molecule has 1 atom stereocenters. The second-order valence-corrected chi connectivity index (χ2v) is 2.85. The Labute approximate surface area is 78.0 Å². The molecule has 1 aromatic rings. The molecule has 0 saturated carbocycles. The van der Waals surface area contributed by atoms with Gasteiger partial charge in [-0.1, -0.05) is 6.08 Å². The minimum absolute atomic E-state index is 0.164. The fourth-order valence-electron chi connectivity index (χ4n) is 1.17. The van der Waals surface area contributed by atoms with Gasteiger partial charge in [0.2, 0.25) is 6.10 Å². The van der Waals surface area contributed by atoms with Crippen LogP contribution >= 0.6 is 0 Å². The van der Waals surface area contributed by atoms with E-state index in [1.54, 1.807) is 6.07 Å². The van der Waals surface area contributed by atoms with Crippen molar-refractivity contribution in [3.8, 4) is 5.75 Å². The second-order valence-electron chi connectivity index (χ2n) is 2.85. The molecule has 2 nitrogen and oxygen atoms in total. The molecule has 5 heteroatoms. The molecule has 1 aliphatic heterocycles. The van der Waals surface area contributed by atoms with E-state index in [2.05, 4.69) is 4.98 Å². The molecule has 74 valence electrons. The summed E-state index contributed by atoms with van der Waals surface area (Å²) in [6.45, 7) is 0. The Morgan fingerprint density at radius 3 is 2.86 bits per heavy atom. The Morgan fingerprint density at radius 2 is 2.14 bits per heavy atom. The summed E-state index contributed by atoms with van der Waals surface area (Å²) >= 11 is 0. The van der Waals surface area contributed by atoms with Crippen LogP contribution in [0.3, 0.4) is 0 Å². The van der Waals surface area contributed by atoms with E-state index in [0.717, 1.165) is 6.08 Å². The monoisotopic (exact) mass is 201 g/mol. The molecular formula is C9H6F3NO. The molecule has 0 N–H and O–H groups in total. The highest BCUT2D eigenvalue weighted by Crippen LogP contribution is 2.31. The Morgan fingerprint density at radius 1 is 1.36 bits per heavy atom. The fourth-order valence-corrected chi connectivity index (χ4v) is 1.17. The Kier molecular flexibility index (Phi) is 1.94. The van der Waals surface area contributed by atoms with Crippen LogP contribution in [0.5, 0.6) is 5.75 Å². The Hall–Kier alpha value is -1.52. The van der Waals surface area contributed by atoms with E-state index in [1.807, 2.05) is 0 Å². The largest absolute Gasteiger partial charge is 0.475 e. The van der Waals surface area contributed by atoms with Crippen molar-refractivity contribution in [3.05, 3.63) is 30.1 Å². The minimum atomic E-state index is -4.37. The molecular weight excluding hydrogens is 195 g/mol. The maximum atomic E-state index is 12.2. The van der Waals surface area contributed by atoms with Crippen molar-refractivity contribution in [1.82, 2.24) is 4.98 Å². The quantitative estimate of drug-likeness (QED) is 0.643. The summed E-state index contributed by atoms with van der Waals surface area (Å²) in [6, 6.07) is 1.60. The molecule has 0 amide bonds. The average Bonchev–Trinajstić information content (AvgIpc) is 2.16. The van der Waals surface area contributed by atoms with Crippen LogP contribution in [-0.2, 0) is 0 Å². The van der Waals surface area contributed by atoms with Gasteiger partial charge in [0.05, 0.1) is 6.20 Å². The van der Waals surface area contributed by atoms with Gasteiger partial charge < -0.3 is 4.74 Å². The first-order valence-corrected chi connectivity index (χ1v) is 3.93. The lowest BCUT2D eigenvalue weighted by molar-refractivity contribution is -0.180. The summed E-state index contributed by atoms with van der Waals surface area (Å²) < 4.78 is 41.4. The first-order chi connectivity index (χ1) is 6.57. The summed E-state index contributed by atoms with van der Waals surface area (Å²) in [6.07, 6.45) is -1.08. The van der Waals surface area contributed by atoms with Gasteiger partial charge in [0, 0.05) is 11.8 Å². The molecule has 0 aromatic carbocycles. The summed E-state index contributed by atoms with van der Waals surface area (Å²) in [4.78, 5) is 3.69. The lowest BCUT2D eigenvalue weighted by Crippen LogP contribution is -2.33. The molecule has 1 aliphatic rings. The van der Waals surface area contributed by atoms with Crippen LogP contribution in [0.2, 0.25) is 0 Å². The number of nitrogens with zero attached hydrogens (tertiary/aromatic N) is 1. The third-order valence-electron chi connectivity index (χ3n) is 1.84. The van der Waals surface area contributed by atoms with Crippen LogP contribution in [0.1, 0.15) is 5.56 Å². The second kappa shape index (κ2) is 3.01. The first kappa shape index (κ1) is 9.05. The third-order valence-corrected chi connectivity index (χ3v) is 1.84. The van der Waals surface area contributed by atoms with E-state index in [9.17, 15) is 13.2 Å². The highest BCUT2D eigenvalue weighted by Gasteiger charge is 2.41. The maximum Gasteiger partial charge on any atom is 0.429 e. The molecule has 1 aromatic heterocycles. The zero-order valence-corrected chi connectivity index (χ0v) is 6.95. The topological polar surface area (TPSA) is 22.1 Å². The molecule has 0 radical (unpaired) electrons. The Balaban J connectivity index is 2.30. The normalized spacial score (nSPS) is 20.1. The van der Waals surface area contributed by atoms with Gasteiger partial charge in [0.1, 0.15) is 5.75 Å². The van der Waals surface area contributed by atoms with Gasteiger partial charge in [-0.3, -0.25) is 4.98 Å². The number of pyridine rings is 1. The van der Waals surface area contributed by atoms with Gasteiger partial charge in [-0.25, -0.2) is 0 Å².